The molecule has 3 aromatic rings. The van der Waals surface area contributed by atoms with Crippen LogP contribution in [-0.4, -0.2) is 27.0 Å². The van der Waals surface area contributed by atoms with Crippen LogP contribution in [0.3, 0.4) is 0 Å². The van der Waals surface area contributed by atoms with E-state index in [-0.39, 0.29) is 23.8 Å². The molecule has 4 rings (SSSR count). The lowest BCUT2D eigenvalue weighted by atomic mass is 10.2. The fourth-order valence-corrected chi connectivity index (χ4v) is 2.72. The molecule has 2 heterocycles. The molecule has 0 saturated carbocycles. The Kier molecular flexibility index (Phi) is 3.81. The fraction of sp³-hybridized carbons (Fsp3) is 0.118. The zero-order chi connectivity index (χ0) is 18.1. The van der Waals surface area contributed by atoms with Crippen LogP contribution in [0.1, 0.15) is 5.82 Å². The highest BCUT2D eigenvalue weighted by Crippen LogP contribution is 2.18. The van der Waals surface area contributed by atoms with E-state index in [1.165, 1.54) is 16.7 Å². The SMILES string of the molecule is O=c1c2ccccc2nc2n1CCO/C2=N\Nc1cccc([N+](=O)[O-])c1. The Balaban J connectivity index is 1.74. The highest BCUT2D eigenvalue weighted by Gasteiger charge is 2.21. The number of benzene rings is 2. The molecule has 9 heteroatoms. The van der Waals surface area contributed by atoms with Crippen LogP contribution in [0.25, 0.3) is 10.9 Å². The largest absolute Gasteiger partial charge is 0.472 e. The summed E-state index contributed by atoms with van der Waals surface area (Å²) in [6.07, 6.45) is 0. The molecule has 1 aromatic heterocycles. The summed E-state index contributed by atoms with van der Waals surface area (Å²) in [4.78, 5) is 27.5. The van der Waals surface area contributed by atoms with Crippen molar-refractivity contribution in [1.29, 1.82) is 0 Å². The van der Waals surface area contributed by atoms with Crippen molar-refractivity contribution >= 4 is 28.2 Å². The third-order valence-electron chi connectivity index (χ3n) is 3.95. The molecule has 130 valence electrons. The quantitative estimate of drug-likeness (QED) is 0.571. The summed E-state index contributed by atoms with van der Waals surface area (Å²) in [6, 6.07) is 13.0. The molecule has 0 amide bonds. The number of non-ortho nitro benzene ring substituents is 1. The summed E-state index contributed by atoms with van der Waals surface area (Å²) in [5, 5.41) is 15.5. The number of para-hydroxylation sites is 1. The van der Waals surface area contributed by atoms with Gasteiger partial charge >= 0.3 is 0 Å². The van der Waals surface area contributed by atoms with E-state index in [1.54, 1.807) is 36.4 Å². The van der Waals surface area contributed by atoms with Gasteiger partial charge in [-0.1, -0.05) is 18.2 Å². The second kappa shape index (κ2) is 6.28. The van der Waals surface area contributed by atoms with Crippen LogP contribution >= 0.6 is 0 Å². The van der Waals surface area contributed by atoms with Gasteiger partial charge < -0.3 is 4.74 Å². The van der Waals surface area contributed by atoms with Gasteiger partial charge in [-0.2, -0.15) is 0 Å². The van der Waals surface area contributed by atoms with E-state index in [4.69, 9.17) is 4.74 Å². The number of anilines is 1. The zero-order valence-corrected chi connectivity index (χ0v) is 13.5. The van der Waals surface area contributed by atoms with E-state index < -0.39 is 4.92 Å². The van der Waals surface area contributed by atoms with Crippen LogP contribution in [-0.2, 0) is 11.3 Å². The molecule has 1 aliphatic rings. The first kappa shape index (κ1) is 15.8. The third-order valence-corrected chi connectivity index (χ3v) is 3.95. The Labute approximate surface area is 146 Å². The number of nitro benzene ring substituents is 1. The van der Waals surface area contributed by atoms with Crippen molar-refractivity contribution < 1.29 is 9.66 Å². The standard InChI is InChI=1S/C17H13N5O4/c23-17-13-6-1-2-7-14(13)18-15-16(26-9-8-21(15)17)20-19-11-4-3-5-12(10-11)22(24)25/h1-7,10,19H,8-9H2/b20-16-. The minimum absolute atomic E-state index is 0.0551. The third kappa shape index (κ3) is 2.75. The molecule has 0 atom stereocenters. The maximum absolute atomic E-state index is 12.6. The summed E-state index contributed by atoms with van der Waals surface area (Å²) < 4.78 is 7.05. The predicted molar refractivity (Wildman–Crippen MR) is 95.2 cm³/mol. The Morgan fingerprint density at radius 2 is 2.08 bits per heavy atom. The van der Waals surface area contributed by atoms with Gasteiger partial charge in [-0.05, 0) is 18.2 Å². The number of nitro groups is 1. The maximum atomic E-state index is 12.6. The van der Waals surface area contributed by atoms with E-state index in [9.17, 15) is 14.9 Å². The Morgan fingerprint density at radius 3 is 2.92 bits per heavy atom. The molecule has 0 saturated heterocycles. The molecule has 1 aliphatic heterocycles. The van der Waals surface area contributed by atoms with Crippen LogP contribution in [0, 0.1) is 10.1 Å². The minimum Gasteiger partial charge on any atom is -0.472 e. The summed E-state index contributed by atoms with van der Waals surface area (Å²) in [6.45, 7) is 0.657. The van der Waals surface area contributed by atoms with Crippen LogP contribution < -0.4 is 11.0 Å². The van der Waals surface area contributed by atoms with Crippen molar-refractivity contribution in [3.63, 3.8) is 0 Å². The second-order valence-electron chi connectivity index (χ2n) is 5.59. The molecule has 0 spiro atoms. The number of aromatic nitrogens is 2. The smallest absolute Gasteiger partial charge is 0.275 e. The molecule has 0 bridgehead atoms. The first-order chi connectivity index (χ1) is 12.6. The number of ether oxygens (including phenoxy) is 1. The lowest BCUT2D eigenvalue weighted by molar-refractivity contribution is -0.384. The van der Waals surface area contributed by atoms with Crippen LogP contribution in [0.15, 0.2) is 58.4 Å². The van der Waals surface area contributed by atoms with Gasteiger partial charge in [-0.15, -0.1) is 5.10 Å². The van der Waals surface area contributed by atoms with E-state index in [1.807, 2.05) is 0 Å². The molecule has 2 aromatic carbocycles. The highest BCUT2D eigenvalue weighted by molar-refractivity contribution is 5.93. The van der Waals surface area contributed by atoms with Gasteiger partial charge in [0.2, 0.25) is 5.82 Å². The van der Waals surface area contributed by atoms with Crippen molar-refractivity contribution in [2.24, 2.45) is 5.10 Å². The lowest BCUT2D eigenvalue weighted by Crippen LogP contribution is -2.35. The van der Waals surface area contributed by atoms with Gasteiger partial charge in [0, 0.05) is 12.1 Å². The van der Waals surface area contributed by atoms with E-state index in [0.29, 0.717) is 29.0 Å². The van der Waals surface area contributed by atoms with Gasteiger partial charge in [-0.25, -0.2) is 4.98 Å². The molecule has 0 radical (unpaired) electrons. The van der Waals surface area contributed by atoms with Crippen molar-refractivity contribution in [2.75, 3.05) is 12.0 Å². The van der Waals surface area contributed by atoms with Gasteiger partial charge in [0.25, 0.3) is 17.1 Å². The van der Waals surface area contributed by atoms with Crippen LogP contribution in [0.4, 0.5) is 11.4 Å². The monoisotopic (exact) mass is 351 g/mol. The van der Waals surface area contributed by atoms with Crippen molar-refractivity contribution in [2.45, 2.75) is 6.54 Å². The number of fused-ring (bicyclic) bond motifs is 2. The summed E-state index contributed by atoms with van der Waals surface area (Å²) in [5.74, 6) is 0.475. The molecule has 0 unspecified atom stereocenters. The summed E-state index contributed by atoms with van der Waals surface area (Å²) in [7, 11) is 0. The van der Waals surface area contributed by atoms with Crippen LogP contribution in [0.2, 0.25) is 0 Å². The summed E-state index contributed by atoms with van der Waals surface area (Å²) in [5.41, 5.74) is 3.49. The van der Waals surface area contributed by atoms with Crippen molar-refractivity contribution in [1.82, 2.24) is 9.55 Å². The van der Waals surface area contributed by atoms with Crippen LogP contribution in [0.5, 0.6) is 0 Å². The summed E-state index contributed by atoms with van der Waals surface area (Å²) >= 11 is 0. The lowest BCUT2D eigenvalue weighted by Gasteiger charge is -2.20. The van der Waals surface area contributed by atoms with Crippen molar-refractivity contribution in [3.8, 4) is 0 Å². The van der Waals surface area contributed by atoms with Gasteiger partial charge in [0.15, 0.2) is 0 Å². The number of rotatable bonds is 3. The number of hydrazone groups is 1. The number of hydrogen-bond donors (Lipinski definition) is 1. The molecular weight excluding hydrogens is 338 g/mol. The predicted octanol–water partition coefficient (Wildman–Crippen LogP) is 2.11. The van der Waals surface area contributed by atoms with Gasteiger partial charge in [0.05, 0.1) is 28.1 Å². The number of nitrogens with one attached hydrogen (secondary N) is 1. The normalized spacial score (nSPS) is 14.7. The van der Waals surface area contributed by atoms with Gasteiger partial charge in [0.1, 0.15) is 6.61 Å². The first-order valence-corrected chi connectivity index (χ1v) is 7.84. The molecular formula is C17H13N5O4. The molecule has 0 aliphatic carbocycles. The Hall–Kier alpha value is -3.75. The average Bonchev–Trinajstić information content (AvgIpc) is 2.67. The molecule has 26 heavy (non-hydrogen) atoms. The van der Waals surface area contributed by atoms with Crippen molar-refractivity contribution in [3.05, 3.63) is 74.8 Å². The highest BCUT2D eigenvalue weighted by atomic mass is 16.6. The topological polar surface area (TPSA) is 112 Å². The Bertz CT molecular complexity index is 1110. The molecule has 1 N–H and O–H groups in total. The second-order valence-corrected chi connectivity index (χ2v) is 5.59. The maximum Gasteiger partial charge on any atom is 0.275 e. The number of nitrogens with zero attached hydrogens (tertiary/aromatic N) is 4. The molecule has 9 nitrogen and oxygen atoms in total. The zero-order valence-electron chi connectivity index (χ0n) is 13.5. The van der Waals surface area contributed by atoms with E-state index in [2.05, 4.69) is 15.5 Å². The fourth-order valence-electron chi connectivity index (χ4n) is 2.72. The van der Waals surface area contributed by atoms with E-state index >= 15 is 0 Å². The van der Waals surface area contributed by atoms with E-state index in [0.717, 1.165) is 0 Å². The number of hydrogen-bond acceptors (Lipinski definition) is 7. The average molecular weight is 351 g/mol. The minimum atomic E-state index is -0.488. The van der Waals surface area contributed by atoms with Gasteiger partial charge in [-0.3, -0.25) is 24.9 Å². The first-order valence-electron chi connectivity index (χ1n) is 7.84. The Morgan fingerprint density at radius 1 is 1.23 bits per heavy atom. The molecule has 0 fully saturated rings.